The van der Waals surface area contributed by atoms with Gasteiger partial charge in [-0.25, -0.2) is 0 Å². The zero-order valence-electron chi connectivity index (χ0n) is 12.2. The Kier molecular flexibility index (Phi) is 6.12. The van der Waals surface area contributed by atoms with E-state index >= 15 is 0 Å². The monoisotopic (exact) mass is 292 g/mol. The molecule has 0 aliphatic heterocycles. The topological polar surface area (TPSA) is 33.3 Å². The average molecular weight is 292 g/mol. The van der Waals surface area contributed by atoms with Crippen molar-refractivity contribution in [1.82, 2.24) is 5.32 Å². The maximum absolute atomic E-state index is 5.42. The van der Waals surface area contributed by atoms with Gasteiger partial charge >= 0.3 is 0 Å². The summed E-state index contributed by atoms with van der Waals surface area (Å²) in [7, 11) is 0. The van der Waals surface area contributed by atoms with Crippen LogP contribution in [0.25, 0.3) is 0 Å². The number of thiocarbonyl (C=S) groups is 1. The Labute approximate surface area is 127 Å². The summed E-state index contributed by atoms with van der Waals surface area (Å²) in [6, 6.07) is 7.88. The van der Waals surface area contributed by atoms with Crippen molar-refractivity contribution in [1.29, 1.82) is 0 Å². The highest BCUT2D eigenvalue weighted by molar-refractivity contribution is 7.80. The molecule has 3 nitrogen and oxygen atoms in total. The number of hydrogen-bond donors (Lipinski definition) is 2. The molecule has 1 aromatic carbocycles. The smallest absolute Gasteiger partial charge is 0.170 e. The molecule has 0 atom stereocenters. The molecule has 4 heteroatoms. The summed E-state index contributed by atoms with van der Waals surface area (Å²) in [5, 5.41) is 7.25. The van der Waals surface area contributed by atoms with Crippen molar-refractivity contribution < 1.29 is 4.74 Å². The number of nitrogens with one attached hydrogen (secondary N) is 2. The van der Waals surface area contributed by atoms with E-state index in [1.807, 2.05) is 31.2 Å². The predicted molar refractivity (Wildman–Crippen MR) is 88.4 cm³/mol. The fourth-order valence-corrected chi connectivity index (χ4v) is 2.81. The van der Waals surface area contributed by atoms with E-state index in [-0.39, 0.29) is 0 Å². The first kappa shape index (κ1) is 15.1. The van der Waals surface area contributed by atoms with Crippen molar-refractivity contribution in [2.75, 3.05) is 18.5 Å². The maximum atomic E-state index is 5.42. The molecule has 1 aliphatic rings. The number of rotatable bonds is 5. The van der Waals surface area contributed by atoms with E-state index in [1.165, 1.54) is 32.1 Å². The third kappa shape index (κ3) is 5.00. The molecule has 20 heavy (non-hydrogen) atoms. The van der Waals surface area contributed by atoms with Crippen LogP contribution in [0.4, 0.5) is 5.69 Å². The first-order valence-electron chi connectivity index (χ1n) is 7.55. The quantitative estimate of drug-likeness (QED) is 0.805. The molecule has 0 radical (unpaired) electrons. The van der Waals surface area contributed by atoms with Crippen molar-refractivity contribution >= 4 is 23.0 Å². The van der Waals surface area contributed by atoms with Gasteiger partial charge in [0, 0.05) is 12.2 Å². The number of hydrogen-bond acceptors (Lipinski definition) is 2. The Balaban J connectivity index is 1.73. The molecule has 2 N–H and O–H groups in total. The zero-order valence-corrected chi connectivity index (χ0v) is 13.0. The summed E-state index contributed by atoms with van der Waals surface area (Å²) < 4.78 is 5.42. The molecule has 1 aromatic rings. The van der Waals surface area contributed by atoms with E-state index in [0.29, 0.717) is 11.7 Å². The SMILES string of the molecule is CCOc1ccc(NC(=S)NCC2CCCCC2)cc1. The molecule has 0 aromatic heterocycles. The summed E-state index contributed by atoms with van der Waals surface area (Å²) in [6.07, 6.45) is 6.79. The molecule has 1 saturated carbocycles. The minimum absolute atomic E-state index is 0.689. The van der Waals surface area contributed by atoms with Crippen LogP contribution >= 0.6 is 12.2 Å². The maximum Gasteiger partial charge on any atom is 0.170 e. The Morgan fingerprint density at radius 1 is 1.20 bits per heavy atom. The van der Waals surface area contributed by atoms with Crippen molar-refractivity contribution in [3.05, 3.63) is 24.3 Å². The van der Waals surface area contributed by atoms with Crippen LogP contribution < -0.4 is 15.4 Å². The molecule has 0 bridgehead atoms. The van der Waals surface area contributed by atoms with Gasteiger partial charge in [0.25, 0.3) is 0 Å². The van der Waals surface area contributed by atoms with E-state index in [1.54, 1.807) is 0 Å². The van der Waals surface area contributed by atoms with Gasteiger partial charge in [0.05, 0.1) is 6.61 Å². The van der Waals surface area contributed by atoms with E-state index in [2.05, 4.69) is 10.6 Å². The largest absolute Gasteiger partial charge is 0.494 e. The minimum atomic E-state index is 0.689. The van der Waals surface area contributed by atoms with Crippen molar-refractivity contribution in [2.45, 2.75) is 39.0 Å². The number of anilines is 1. The van der Waals surface area contributed by atoms with E-state index < -0.39 is 0 Å². The average Bonchev–Trinajstić information content (AvgIpc) is 2.49. The summed E-state index contributed by atoms with van der Waals surface area (Å²) >= 11 is 5.34. The fourth-order valence-electron chi connectivity index (χ4n) is 2.60. The highest BCUT2D eigenvalue weighted by Crippen LogP contribution is 2.22. The fraction of sp³-hybridized carbons (Fsp3) is 0.562. The molecule has 1 fully saturated rings. The third-order valence-electron chi connectivity index (χ3n) is 3.70. The van der Waals surface area contributed by atoms with Crippen LogP contribution in [-0.4, -0.2) is 18.3 Å². The lowest BCUT2D eigenvalue weighted by molar-refractivity contribution is 0.340. The molecule has 0 saturated heterocycles. The summed E-state index contributed by atoms with van der Waals surface area (Å²) in [5.41, 5.74) is 0.995. The van der Waals surface area contributed by atoms with Gasteiger partial charge < -0.3 is 15.4 Å². The van der Waals surface area contributed by atoms with E-state index in [0.717, 1.165) is 23.9 Å². The highest BCUT2D eigenvalue weighted by Gasteiger charge is 2.13. The first-order valence-corrected chi connectivity index (χ1v) is 7.96. The van der Waals surface area contributed by atoms with Crippen LogP contribution in [0.5, 0.6) is 5.75 Å². The number of benzene rings is 1. The molecule has 1 aliphatic carbocycles. The Morgan fingerprint density at radius 2 is 1.90 bits per heavy atom. The van der Waals surface area contributed by atoms with Crippen molar-refractivity contribution in [2.24, 2.45) is 5.92 Å². The molecular formula is C16H24N2OS. The van der Waals surface area contributed by atoms with Crippen LogP contribution in [0.3, 0.4) is 0 Å². The van der Waals surface area contributed by atoms with Crippen LogP contribution in [0.2, 0.25) is 0 Å². The molecule has 0 spiro atoms. The highest BCUT2D eigenvalue weighted by atomic mass is 32.1. The summed E-state index contributed by atoms with van der Waals surface area (Å²) in [4.78, 5) is 0. The van der Waals surface area contributed by atoms with Gasteiger partial charge in [0.15, 0.2) is 5.11 Å². The van der Waals surface area contributed by atoms with Crippen molar-refractivity contribution in [3.63, 3.8) is 0 Å². The van der Waals surface area contributed by atoms with Gasteiger partial charge in [-0.05, 0) is 62.2 Å². The Hall–Kier alpha value is -1.29. The van der Waals surface area contributed by atoms with Gasteiger partial charge in [-0.3, -0.25) is 0 Å². The van der Waals surface area contributed by atoms with Crippen LogP contribution in [-0.2, 0) is 0 Å². The second-order valence-electron chi connectivity index (χ2n) is 5.30. The van der Waals surface area contributed by atoms with Gasteiger partial charge in [-0.2, -0.15) is 0 Å². The lowest BCUT2D eigenvalue weighted by atomic mass is 9.89. The number of ether oxygens (including phenoxy) is 1. The van der Waals surface area contributed by atoms with Crippen molar-refractivity contribution in [3.8, 4) is 5.75 Å². The second-order valence-corrected chi connectivity index (χ2v) is 5.70. The van der Waals surface area contributed by atoms with Gasteiger partial charge in [-0.1, -0.05) is 19.3 Å². The van der Waals surface area contributed by atoms with Gasteiger partial charge in [0.2, 0.25) is 0 Å². The lowest BCUT2D eigenvalue weighted by Gasteiger charge is -2.22. The Morgan fingerprint density at radius 3 is 2.55 bits per heavy atom. The van der Waals surface area contributed by atoms with Gasteiger partial charge in [-0.15, -0.1) is 0 Å². The van der Waals surface area contributed by atoms with Gasteiger partial charge in [0.1, 0.15) is 5.75 Å². The van der Waals surface area contributed by atoms with Crippen LogP contribution in [0.1, 0.15) is 39.0 Å². The summed E-state index contributed by atoms with van der Waals surface area (Å²) in [5.74, 6) is 1.67. The molecule has 0 amide bonds. The minimum Gasteiger partial charge on any atom is -0.494 e. The first-order chi connectivity index (χ1) is 9.78. The molecule has 0 unspecified atom stereocenters. The third-order valence-corrected chi connectivity index (χ3v) is 3.95. The molecule has 110 valence electrons. The molecule has 2 rings (SSSR count). The standard InChI is InChI=1S/C16H24N2OS/c1-2-19-15-10-8-14(9-11-15)18-16(20)17-12-13-6-4-3-5-7-13/h8-11,13H,2-7,12H2,1H3,(H2,17,18,20). The second kappa shape index (κ2) is 8.10. The van der Waals surface area contributed by atoms with Crippen LogP contribution in [0, 0.1) is 5.92 Å². The lowest BCUT2D eigenvalue weighted by Crippen LogP contribution is -2.33. The van der Waals surface area contributed by atoms with E-state index in [4.69, 9.17) is 17.0 Å². The molecule has 0 heterocycles. The normalized spacial score (nSPS) is 15.7. The zero-order chi connectivity index (χ0) is 14.2. The Bertz CT molecular complexity index is 413. The molecular weight excluding hydrogens is 268 g/mol. The van der Waals surface area contributed by atoms with E-state index in [9.17, 15) is 0 Å². The predicted octanol–water partition coefficient (Wildman–Crippen LogP) is 3.95. The summed E-state index contributed by atoms with van der Waals surface area (Å²) in [6.45, 7) is 3.66. The van der Waals surface area contributed by atoms with Crippen LogP contribution in [0.15, 0.2) is 24.3 Å².